The van der Waals surface area contributed by atoms with Crippen molar-refractivity contribution in [1.82, 2.24) is 4.90 Å². The standard InChI is InChI=1S/C29H37NO5S/c1-4-35-29(31)24-5-9-25(10-6-24)30-19-17-23(18-20-30)21(2)22-7-13-27(14-8-22)36(32,33)28-15-11-26(34-3)12-16-28/h7-8,11-16,23-25H,2,4-6,9-10,17-20H2,1,3H3. The first-order valence-electron chi connectivity index (χ1n) is 12.9. The van der Waals surface area contributed by atoms with Crippen LogP contribution in [0, 0.1) is 11.8 Å². The zero-order chi connectivity index (χ0) is 25.7. The topological polar surface area (TPSA) is 72.9 Å². The summed E-state index contributed by atoms with van der Waals surface area (Å²) in [4.78, 5) is 15.1. The molecule has 1 saturated carbocycles. The molecule has 1 aliphatic carbocycles. The lowest BCUT2D eigenvalue weighted by atomic mass is 9.82. The summed E-state index contributed by atoms with van der Waals surface area (Å²) < 4.78 is 36.3. The number of hydrogen-bond donors (Lipinski definition) is 0. The fourth-order valence-corrected chi connectivity index (χ4v) is 6.79. The van der Waals surface area contributed by atoms with Crippen molar-refractivity contribution >= 4 is 21.4 Å². The molecule has 36 heavy (non-hydrogen) atoms. The highest BCUT2D eigenvalue weighted by Gasteiger charge is 2.32. The number of methoxy groups -OCH3 is 1. The number of sulfone groups is 1. The van der Waals surface area contributed by atoms with Crippen LogP contribution in [0.25, 0.3) is 5.57 Å². The molecule has 1 heterocycles. The molecule has 194 valence electrons. The van der Waals surface area contributed by atoms with Gasteiger partial charge in [-0.15, -0.1) is 0 Å². The van der Waals surface area contributed by atoms with Gasteiger partial charge in [0.05, 0.1) is 29.4 Å². The Labute approximate surface area is 215 Å². The Morgan fingerprint density at radius 1 is 0.889 bits per heavy atom. The maximum absolute atomic E-state index is 13.0. The van der Waals surface area contributed by atoms with E-state index >= 15 is 0 Å². The SMILES string of the molecule is C=C(c1ccc(S(=O)(=O)c2ccc(OC)cc2)cc1)C1CCN(C2CCC(C(=O)OCC)CC2)CC1. The zero-order valence-corrected chi connectivity index (χ0v) is 22.1. The van der Waals surface area contributed by atoms with Gasteiger partial charge in [0.25, 0.3) is 0 Å². The summed E-state index contributed by atoms with van der Waals surface area (Å²) in [7, 11) is -2.03. The number of piperidine rings is 1. The maximum Gasteiger partial charge on any atom is 0.308 e. The van der Waals surface area contributed by atoms with Gasteiger partial charge in [-0.2, -0.15) is 0 Å². The van der Waals surface area contributed by atoms with Crippen LogP contribution in [-0.2, 0) is 19.4 Å². The highest BCUT2D eigenvalue weighted by molar-refractivity contribution is 7.91. The third-order valence-corrected chi connectivity index (χ3v) is 9.55. The minimum absolute atomic E-state index is 0.0335. The van der Waals surface area contributed by atoms with Crippen LogP contribution in [0.15, 0.2) is 64.9 Å². The molecule has 0 unspecified atom stereocenters. The molecule has 2 fully saturated rings. The Balaban J connectivity index is 1.31. The van der Waals surface area contributed by atoms with Crippen LogP contribution in [0.4, 0.5) is 0 Å². The Morgan fingerprint density at radius 3 is 1.97 bits per heavy atom. The van der Waals surface area contributed by atoms with E-state index < -0.39 is 9.84 Å². The van der Waals surface area contributed by atoms with Crippen LogP contribution in [0.3, 0.4) is 0 Å². The molecular formula is C29H37NO5S. The summed E-state index contributed by atoms with van der Waals surface area (Å²) in [5, 5.41) is 0. The van der Waals surface area contributed by atoms with Crippen molar-refractivity contribution in [2.45, 2.75) is 61.3 Å². The molecule has 0 bridgehead atoms. The fraction of sp³-hybridized carbons (Fsp3) is 0.483. The van der Waals surface area contributed by atoms with Gasteiger partial charge in [-0.25, -0.2) is 8.42 Å². The predicted octanol–water partition coefficient (Wildman–Crippen LogP) is 5.38. The van der Waals surface area contributed by atoms with Gasteiger partial charge in [0.15, 0.2) is 0 Å². The molecule has 0 N–H and O–H groups in total. The number of carbonyl (C=O) groups excluding carboxylic acids is 1. The van der Waals surface area contributed by atoms with Gasteiger partial charge in [0.1, 0.15) is 5.75 Å². The minimum Gasteiger partial charge on any atom is -0.497 e. The van der Waals surface area contributed by atoms with E-state index in [4.69, 9.17) is 9.47 Å². The second-order valence-electron chi connectivity index (χ2n) is 9.80. The molecule has 1 saturated heterocycles. The first kappa shape index (κ1) is 26.4. The fourth-order valence-electron chi connectivity index (χ4n) is 5.52. The lowest BCUT2D eigenvalue weighted by Crippen LogP contribution is -2.44. The molecule has 0 aromatic heterocycles. The molecule has 2 aromatic rings. The zero-order valence-electron chi connectivity index (χ0n) is 21.3. The van der Waals surface area contributed by atoms with E-state index in [1.165, 1.54) is 0 Å². The second-order valence-corrected chi connectivity index (χ2v) is 11.7. The molecule has 0 spiro atoms. The molecule has 4 rings (SSSR count). The summed E-state index contributed by atoms with van der Waals surface area (Å²) in [6.45, 7) is 8.75. The summed E-state index contributed by atoms with van der Waals surface area (Å²) in [5.41, 5.74) is 2.08. The normalized spacial score (nSPS) is 21.6. The Kier molecular flexibility index (Phi) is 8.52. The lowest BCUT2D eigenvalue weighted by Gasteiger charge is -2.41. The van der Waals surface area contributed by atoms with Gasteiger partial charge in [-0.3, -0.25) is 4.79 Å². The van der Waals surface area contributed by atoms with Crippen LogP contribution in [0.5, 0.6) is 5.75 Å². The molecule has 7 heteroatoms. The van der Waals surface area contributed by atoms with Gasteiger partial charge < -0.3 is 14.4 Å². The smallest absolute Gasteiger partial charge is 0.308 e. The number of carbonyl (C=O) groups is 1. The van der Waals surface area contributed by atoms with Crippen molar-refractivity contribution in [3.05, 3.63) is 60.7 Å². The van der Waals surface area contributed by atoms with Crippen molar-refractivity contribution in [1.29, 1.82) is 0 Å². The third kappa shape index (κ3) is 5.84. The van der Waals surface area contributed by atoms with Crippen LogP contribution in [0.1, 0.15) is 51.0 Å². The Bertz CT molecular complexity index is 1140. The molecule has 0 atom stereocenters. The quantitative estimate of drug-likeness (QED) is 0.444. The van der Waals surface area contributed by atoms with E-state index in [1.54, 1.807) is 43.5 Å². The minimum atomic E-state index is -3.58. The van der Waals surface area contributed by atoms with Crippen molar-refractivity contribution in [2.75, 3.05) is 26.8 Å². The van der Waals surface area contributed by atoms with Crippen LogP contribution in [0.2, 0.25) is 0 Å². The van der Waals surface area contributed by atoms with Gasteiger partial charge >= 0.3 is 5.97 Å². The van der Waals surface area contributed by atoms with Crippen LogP contribution in [-0.4, -0.2) is 52.1 Å². The molecule has 0 amide bonds. The Morgan fingerprint density at radius 2 is 1.44 bits per heavy atom. The number of ether oxygens (including phenoxy) is 2. The number of allylic oxidation sites excluding steroid dienone is 1. The summed E-state index contributed by atoms with van der Waals surface area (Å²) in [6, 6.07) is 14.1. The highest BCUT2D eigenvalue weighted by atomic mass is 32.2. The van der Waals surface area contributed by atoms with E-state index in [0.29, 0.717) is 24.3 Å². The number of rotatable bonds is 8. The Hall–Kier alpha value is -2.64. The largest absolute Gasteiger partial charge is 0.497 e. The second kappa shape index (κ2) is 11.6. The van der Waals surface area contributed by atoms with Crippen molar-refractivity contribution in [3.63, 3.8) is 0 Å². The van der Waals surface area contributed by atoms with Crippen LogP contribution < -0.4 is 4.74 Å². The number of hydrogen-bond acceptors (Lipinski definition) is 6. The average Bonchev–Trinajstić information content (AvgIpc) is 2.93. The van der Waals surface area contributed by atoms with E-state index in [-0.39, 0.29) is 21.7 Å². The monoisotopic (exact) mass is 511 g/mol. The van der Waals surface area contributed by atoms with Crippen molar-refractivity contribution < 1.29 is 22.7 Å². The molecule has 2 aliphatic rings. The maximum atomic E-state index is 13.0. The summed E-state index contributed by atoms with van der Waals surface area (Å²) in [6.07, 6.45) is 6.04. The lowest BCUT2D eigenvalue weighted by molar-refractivity contribution is -0.149. The van der Waals surface area contributed by atoms with E-state index in [0.717, 1.165) is 62.8 Å². The van der Waals surface area contributed by atoms with Crippen molar-refractivity contribution in [3.8, 4) is 5.75 Å². The molecule has 2 aromatic carbocycles. The molecule has 0 radical (unpaired) electrons. The predicted molar refractivity (Wildman–Crippen MR) is 141 cm³/mol. The molecule has 6 nitrogen and oxygen atoms in total. The third-order valence-electron chi connectivity index (χ3n) is 7.76. The first-order valence-corrected chi connectivity index (χ1v) is 14.4. The molecule has 1 aliphatic heterocycles. The first-order chi connectivity index (χ1) is 17.3. The number of benzene rings is 2. The van der Waals surface area contributed by atoms with E-state index in [1.807, 2.05) is 19.1 Å². The highest BCUT2D eigenvalue weighted by Crippen LogP contribution is 2.35. The van der Waals surface area contributed by atoms with E-state index in [9.17, 15) is 13.2 Å². The van der Waals surface area contributed by atoms with Crippen LogP contribution >= 0.6 is 0 Å². The van der Waals surface area contributed by atoms with Gasteiger partial charge in [0.2, 0.25) is 9.84 Å². The molecular weight excluding hydrogens is 474 g/mol. The van der Waals surface area contributed by atoms with Gasteiger partial charge in [0, 0.05) is 6.04 Å². The number of likely N-dealkylation sites (tertiary alicyclic amines) is 1. The van der Waals surface area contributed by atoms with Gasteiger partial charge in [-0.05, 0) is 112 Å². The van der Waals surface area contributed by atoms with Gasteiger partial charge in [-0.1, -0.05) is 18.7 Å². The summed E-state index contributed by atoms with van der Waals surface area (Å²) >= 11 is 0. The average molecular weight is 512 g/mol. The number of nitrogens with zero attached hydrogens (tertiary/aromatic N) is 1. The summed E-state index contributed by atoms with van der Waals surface area (Å²) in [5.74, 6) is 1.04. The van der Waals surface area contributed by atoms with Crippen molar-refractivity contribution in [2.24, 2.45) is 11.8 Å². The van der Waals surface area contributed by atoms with E-state index in [2.05, 4.69) is 11.5 Å². The number of esters is 1.